The van der Waals surface area contributed by atoms with Gasteiger partial charge in [0.2, 0.25) is 0 Å². The van der Waals surface area contributed by atoms with E-state index in [0.717, 1.165) is 30.4 Å². The second-order valence-electron chi connectivity index (χ2n) is 6.29. The van der Waals surface area contributed by atoms with Crippen LogP contribution in [0.1, 0.15) is 44.1 Å². The molecular formula is C16H23N5O. The highest BCUT2D eigenvalue weighted by Crippen LogP contribution is 2.33. The number of aryl methyl sites for hydroxylation is 1. The zero-order valence-corrected chi connectivity index (χ0v) is 13.4. The summed E-state index contributed by atoms with van der Waals surface area (Å²) in [6, 6.07) is 3.84. The van der Waals surface area contributed by atoms with Crippen LogP contribution in [0.4, 0.5) is 5.82 Å². The van der Waals surface area contributed by atoms with Crippen molar-refractivity contribution >= 4 is 5.82 Å². The molecule has 1 saturated heterocycles. The molecule has 0 aromatic carbocycles. The van der Waals surface area contributed by atoms with Crippen molar-refractivity contribution in [3.8, 4) is 0 Å². The van der Waals surface area contributed by atoms with Crippen LogP contribution in [0, 0.1) is 0 Å². The van der Waals surface area contributed by atoms with Gasteiger partial charge in [-0.3, -0.25) is 4.68 Å². The number of hydrogen-bond acceptors (Lipinski definition) is 5. The maximum Gasteiger partial charge on any atom is 0.133 e. The molecule has 22 heavy (non-hydrogen) atoms. The van der Waals surface area contributed by atoms with Gasteiger partial charge in [-0.25, -0.2) is 9.97 Å². The summed E-state index contributed by atoms with van der Waals surface area (Å²) in [4.78, 5) is 11.2. The average Bonchev–Trinajstić information content (AvgIpc) is 2.95. The Morgan fingerprint density at radius 1 is 1.18 bits per heavy atom. The predicted molar refractivity (Wildman–Crippen MR) is 84.7 cm³/mol. The first kappa shape index (κ1) is 15.0. The zero-order chi connectivity index (χ0) is 15.7. The molecule has 0 amide bonds. The first-order chi connectivity index (χ1) is 10.5. The van der Waals surface area contributed by atoms with Gasteiger partial charge in [-0.05, 0) is 25.0 Å². The van der Waals surface area contributed by atoms with Gasteiger partial charge in [0.15, 0.2) is 0 Å². The Morgan fingerprint density at radius 3 is 2.50 bits per heavy atom. The lowest BCUT2D eigenvalue weighted by Gasteiger charge is -2.38. The van der Waals surface area contributed by atoms with Crippen LogP contribution in [0.15, 0.2) is 24.5 Å². The zero-order valence-electron chi connectivity index (χ0n) is 13.4. The molecule has 0 aliphatic carbocycles. The number of piperidine rings is 1. The molecule has 0 saturated carbocycles. The smallest absolute Gasteiger partial charge is 0.133 e. The second-order valence-corrected chi connectivity index (χ2v) is 6.29. The fraction of sp³-hybridized carbons (Fsp3) is 0.562. The van der Waals surface area contributed by atoms with Crippen LogP contribution in [0.5, 0.6) is 0 Å². The Kier molecular flexibility index (Phi) is 3.87. The molecule has 0 radical (unpaired) electrons. The van der Waals surface area contributed by atoms with E-state index in [0.29, 0.717) is 18.8 Å². The number of aliphatic hydroxyl groups is 1. The van der Waals surface area contributed by atoms with Crippen molar-refractivity contribution in [1.82, 2.24) is 19.7 Å². The summed E-state index contributed by atoms with van der Waals surface area (Å²) in [5.74, 6) is 2.13. The highest BCUT2D eigenvalue weighted by atomic mass is 16.3. The van der Waals surface area contributed by atoms with Crippen LogP contribution in [-0.2, 0) is 12.6 Å². The number of aromatic nitrogens is 4. The van der Waals surface area contributed by atoms with Gasteiger partial charge in [0.25, 0.3) is 0 Å². The van der Waals surface area contributed by atoms with Gasteiger partial charge >= 0.3 is 0 Å². The molecule has 0 bridgehead atoms. The van der Waals surface area contributed by atoms with Crippen molar-refractivity contribution in [2.75, 3.05) is 18.0 Å². The van der Waals surface area contributed by atoms with Crippen molar-refractivity contribution in [2.45, 2.75) is 38.2 Å². The van der Waals surface area contributed by atoms with E-state index in [4.69, 9.17) is 0 Å². The lowest BCUT2D eigenvalue weighted by Crippen LogP contribution is -2.44. The largest absolute Gasteiger partial charge is 0.383 e. The van der Waals surface area contributed by atoms with E-state index in [1.165, 1.54) is 0 Å². The van der Waals surface area contributed by atoms with Crippen molar-refractivity contribution in [3.05, 3.63) is 36.0 Å². The predicted octanol–water partition coefficient (Wildman–Crippen LogP) is 1.82. The lowest BCUT2D eigenvalue weighted by molar-refractivity contribution is 0.00402. The van der Waals surface area contributed by atoms with E-state index in [1.807, 2.05) is 25.4 Å². The topological polar surface area (TPSA) is 67.1 Å². The molecular weight excluding hydrogens is 278 g/mol. The SMILES string of the molecule is CC(C)c1nccc(N2CCC(O)(c3ccnn3C)CC2)n1. The third-order valence-electron chi connectivity index (χ3n) is 4.39. The minimum atomic E-state index is -0.796. The van der Waals surface area contributed by atoms with Crippen LogP contribution >= 0.6 is 0 Å². The van der Waals surface area contributed by atoms with Crippen LogP contribution < -0.4 is 4.90 Å². The average molecular weight is 301 g/mol. The van der Waals surface area contributed by atoms with Crippen molar-refractivity contribution in [1.29, 1.82) is 0 Å². The molecule has 0 spiro atoms. The molecule has 0 unspecified atom stereocenters. The Bertz CT molecular complexity index is 643. The standard InChI is InChI=1S/C16H23N5O/c1-12(2)15-17-8-5-14(19-15)21-10-6-16(22,7-11-21)13-4-9-18-20(13)3/h4-5,8-9,12,22H,6-7,10-11H2,1-3H3. The van der Waals surface area contributed by atoms with Crippen LogP contribution in [0.2, 0.25) is 0 Å². The highest BCUT2D eigenvalue weighted by Gasteiger charge is 2.36. The molecule has 1 aliphatic heterocycles. The number of nitrogens with zero attached hydrogens (tertiary/aromatic N) is 5. The van der Waals surface area contributed by atoms with Gasteiger partial charge in [0, 0.05) is 38.4 Å². The summed E-state index contributed by atoms with van der Waals surface area (Å²) in [5.41, 5.74) is 0.0908. The Hall–Kier alpha value is -1.95. The summed E-state index contributed by atoms with van der Waals surface area (Å²) in [6.07, 6.45) is 4.90. The van der Waals surface area contributed by atoms with Crippen LogP contribution in [-0.4, -0.2) is 37.9 Å². The minimum absolute atomic E-state index is 0.316. The molecule has 3 rings (SSSR count). The molecule has 118 valence electrons. The maximum atomic E-state index is 10.9. The Balaban J connectivity index is 1.74. The van der Waals surface area contributed by atoms with Crippen molar-refractivity contribution in [3.63, 3.8) is 0 Å². The van der Waals surface area contributed by atoms with E-state index in [9.17, 15) is 5.11 Å². The fourth-order valence-electron chi connectivity index (χ4n) is 3.01. The van der Waals surface area contributed by atoms with Gasteiger partial charge in [0.05, 0.1) is 5.69 Å². The molecule has 0 atom stereocenters. The van der Waals surface area contributed by atoms with Crippen LogP contribution in [0.25, 0.3) is 0 Å². The molecule has 3 heterocycles. The lowest BCUT2D eigenvalue weighted by atomic mass is 9.88. The second kappa shape index (κ2) is 5.68. The molecule has 1 fully saturated rings. The normalized spacial score (nSPS) is 18.0. The van der Waals surface area contributed by atoms with E-state index < -0.39 is 5.60 Å². The highest BCUT2D eigenvalue weighted by molar-refractivity contribution is 5.39. The summed E-state index contributed by atoms with van der Waals surface area (Å²) in [6.45, 7) is 5.74. The van der Waals surface area contributed by atoms with Gasteiger partial charge in [-0.15, -0.1) is 0 Å². The summed E-state index contributed by atoms with van der Waals surface area (Å²) < 4.78 is 1.76. The first-order valence-corrected chi connectivity index (χ1v) is 7.78. The van der Waals surface area contributed by atoms with Crippen molar-refractivity contribution < 1.29 is 5.11 Å². The molecule has 6 heteroatoms. The summed E-state index contributed by atoms with van der Waals surface area (Å²) >= 11 is 0. The van der Waals surface area contributed by atoms with Gasteiger partial charge in [-0.2, -0.15) is 5.10 Å². The molecule has 2 aromatic heterocycles. The molecule has 2 aromatic rings. The fourth-order valence-corrected chi connectivity index (χ4v) is 3.01. The minimum Gasteiger partial charge on any atom is -0.383 e. The molecule has 6 nitrogen and oxygen atoms in total. The van der Waals surface area contributed by atoms with Gasteiger partial charge in [0.1, 0.15) is 17.2 Å². The third-order valence-corrected chi connectivity index (χ3v) is 4.39. The van der Waals surface area contributed by atoms with Gasteiger partial charge < -0.3 is 10.0 Å². The number of anilines is 1. The molecule has 1 aliphatic rings. The summed E-state index contributed by atoms with van der Waals surface area (Å²) in [7, 11) is 1.87. The Labute approximate surface area is 130 Å². The van der Waals surface area contributed by atoms with E-state index >= 15 is 0 Å². The van der Waals surface area contributed by atoms with E-state index in [-0.39, 0.29) is 0 Å². The Morgan fingerprint density at radius 2 is 1.91 bits per heavy atom. The number of rotatable bonds is 3. The quantitative estimate of drug-likeness (QED) is 0.936. The van der Waals surface area contributed by atoms with E-state index in [2.05, 4.69) is 33.8 Å². The third kappa shape index (κ3) is 2.70. The van der Waals surface area contributed by atoms with E-state index in [1.54, 1.807) is 10.9 Å². The summed E-state index contributed by atoms with van der Waals surface area (Å²) in [5, 5.41) is 15.1. The monoisotopic (exact) mass is 301 g/mol. The first-order valence-electron chi connectivity index (χ1n) is 7.78. The van der Waals surface area contributed by atoms with Crippen LogP contribution in [0.3, 0.4) is 0 Å². The maximum absolute atomic E-state index is 10.9. The number of hydrogen-bond donors (Lipinski definition) is 1. The molecule has 1 N–H and O–H groups in total. The van der Waals surface area contributed by atoms with Crippen molar-refractivity contribution in [2.24, 2.45) is 7.05 Å². The van der Waals surface area contributed by atoms with Gasteiger partial charge in [-0.1, -0.05) is 13.8 Å².